The fraction of sp³-hybridized carbons (Fsp3) is 0.192. The Balaban J connectivity index is 1.24. The van der Waals surface area contributed by atoms with Gasteiger partial charge in [-0.1, -0.05) is 30.3 Å². The first-order chi connectivity index (χ1) is 17.4. The van der Waals surface area contributed by atoms with Gasteiger partial charge >= 0.3 is 6.09 Å². The maximum atomic E-state index is 14.8. The third-order valence-corrected chi connectivity index (χ3v) is 6.13. The molecule has 2 aromatic carbocycles. The Hall–Kier alpha value is -4.60. The van der Waals surface area contributed by atoms with Crippen LogP contribution >= 0.6 is 0 Å². The van der Waals surface area contributed by atoms with Crippen molar-refractivity contribution >= 4 is 29.6 Å². The molecule has 3 aromatic rings. The molecule has 5 rings (SSSR count). The van der Waals surface area contributed by atoms with Gasteiger partial charge in [-0.3, -0.25) is 25.0 Å². The number of nitrogens with zero attached hydrogens (tertiary/aromatic N) is 2. The van der Waals surface area contributed by atoms with Gasteiger partial charge in [0.1, 0.15) is 24.3 Å². The Labute approximate surface area is 205 Å². The molecule has 2 aliphatic rings. The van der Waals surface area contributed by atoms with E-state index in [0.29, 0.717) is 0 Å². The number of benzene rings is 2. The van der Waals surface area contributed by atoms with Crippen molar-refractivity contribution in [2.45, 2.75) is 32.0 Å². The van der Waals surface area contributed by atoms with Gasteiger partial charge < -0.3 is 9.64 Å². The van der Waals surface area contributed by atoms with E-state index in [2.05, 4.69) is 15.6 Å². The van der Waals surface area contributed by atoms with E-state index < -0.39 is 35.7 Å². The van der Waals surface area contributed by atoms with Gasteiger partial charge in [-0.2, -0.15) is 0 Å². The van der Waals surface area contributed by atoms with E-state index in [1.54, 1.807) is 12.3 Å². The van der Waals surface area contributed by atoms with Gasteiger partial charge in [-0.15, -0.1) is 0 Å². The standard InChI is InChI=1S/C26H21FN4O5/c27-20-11-15(10-18-19(20)13-31(25(18)34)21-6-7-23(32)30-24(21)33)14-36-26(35)29-22-12-17(8-9-28-22)16-4-2-1-3-5-16/h1-5,8-12,21H,6-7,13-14H2,(H,28,29,35)(H,30,32,33). The maximum absolute atomic E-state index is 14.8. The average molecular weight is 488 g/mol. The van der Waals surface area contributed by atoms with Crippen LogP contribution in [0.2, 0.25) is 0 Å². The minimum absolute atomic E-state index is 0.0721. The molecule has 0 spiro atoms. The summed E-state index contributed by atoms with van der Waals surface area (Å²) in [6.45, 7) is -0.350. The number of piperidine rings is 1. The number of carbonyl (C=O) groups is 4. The molecule has 1 aromatic heterocycles. The fourth-order valence-corrected chi connectivity index (χ4v) is 4.35. The van der Waals surface area contributed by atoms with Gasteiger partial charge in [0.25, 0.3) is 5.91 Å². The predicted octanol–water partition coefficient (Wildman–Crippen LogP) is 3.40. The Bertz CT molecular complexity index is 1380. The van der Waals surface area contributed by atoms with Crippen molar-refractivity contribution in [3.8, 4) is 11.1 Å². The third kappa shape index (κ3) is 4.65. The Morgan fingerprint density at radius 2 is 1.92 bits per heavy atom. The van der Waals surface area contributed by atoms with Crippen LogP contribution in [-0.2, 0) is 27.5 Å². The van der Waals surface area contributed by atoms with Crippen molar-refractivity contribution in [3.63, 3.8) is 0 Å². The first kappa shape index (κ1) is 23.2. The second kappa shape index (κ2) is 9.57. The molecule has 1 saturated heterocycles. The monoisotopic (exact) mass is 488 g/mol. The summed E-state index contributed by atoms with van der Waals surface area (Å²) in [5.41, 5.74) is 2.38. The van der Waals surface area contributed by atoms with Crippen LogP contribution in [0, 0.1) is 5.82 Å². The van der Waals surface area contributed by atoms with Crippen LogP contribution in [0.3, 0.4) is 0 Å². The summed E-state index contributed by atoms with van der Waals surface area (Å²) < 4.78 is 20.0. The first-order valence-corrected chi connectivity index (χ1v) is 11.3. The Morgan fingerprint density at radius 3 is 2.69 bits per heavy atom. The zero-order valence-electron chi connectivity index (χ0n) is 19.0. The van der Waals surface area contributed by atoms with Crippen molar-refractivity contribution < 1.29 is 28.3 Å². The van der Waals surface area contributed by atoms with Crippen molar-refractivity contribution in [2.24, 2.45) is 0 Å². The minimum Gasteiger partial charge on any atom is -0.444 e. The van der Waals surface area contributed by atoms with Crippen molar-refractivity contribution in [1.82, 2.24) is 15.2 Å². The molecule has 0 saturated carbocycles. The number of fused-ring (bicyclic) bond motifs is 1. The summed E-state index contributed by atoms with van der Waals surface area (Å²) in [6.07, 6.45) is 1.07. The molecule has 2 N–H and O–H groups in total. The van der Waals surface area contributed by atoms with Gasteiger partial charge in [0, 0.05) is 23.7 Å². The quantitative estimate of drug-likeness (QED) is 0.532. The van der Waals surface area contributed by atoms with Crippen LogP contribution in [0.25, 0.3) is 11.1 Å². The van der Waals surface area contributed by atoms with Crippen LogP contribution in [0.15, 0.2) is 60.8 Å². The summed E-state index contributed by atoms with van der Waals surface area (Å²) in [6, 6.07) is 14.9. The highest BCUT2D eigenvalue weighted by atomic mass is 19.1. The van der Waals surface area contributed by atoms with Crippen molar-refractivity contribution in [1.29, 1.82) is 0 Å². The number of rotatable bonds is 5. The second-order valence-electron chi connectivity index (χ2n) is 8.50. The van der Waals surface area contributed by atoms with Crippen molar-refractivity contribution in [2.75, 3.05) is 5.32 Å². The smallest absolute Gasteiger partial charge is 0.413 e. The normalized spacial score (nSPS) is 17.0. The van der Waals surface area contributed by atoms with Crippen LogP contribution in [0.4, 0.5) is 15.0 Å². The lowest BCUT2D eigenvalue weighted by atomic mass is 10.0. The van der Waals surface area contributed by atoms with E-state index in [9.17, 15) is 23.6 Å². The summed E-state index contributed by atoms with van der Waals surface area (Å²) in [7, 11) is 0. The molecule has 1 atom stereocenters. The van der Waals surface area contributed by atoms with E-state index in [1.165, 1.54) is 17.0 Å². The average Bonchev–Trinajstić information content (AvgIpc) is 3.20. The molecule has 2 aliphatic heterocycles. The number of hydrogen-bond donors (Lipinski definition) is 2. The van der Waals surface area contributed by atoms with E-state index in [4.69, 9.17) is 4.74 Å². The zero-order valence-corrected chi connectivity index (χ0v) is 19.0. The molecule has 1 fully saturated rings. The SMILES string of the molecule is O=C1CCC(N2Cc3c(F)cc(COC(=O)Nc4cc(-c5ccccc5)ccn4)cc3C2=O)C(=O)N1. The number of pyridine rings is 1. The van der Waals surface area contributed by atoms with Crippen LogP contribution < -0.4 is 10.6 Å². The molecule has 0 bridgehead atoms. The summed E-state index contributed by atoms with van der Waals surface area (Å²) in [4.78, 5) is 54.2. The molecule has 0 radical (unpaired) electrons. The van der Waals surface area contributed by atoms with Crippen LogP contribution in [0.5, 0.6) is 0 Å². The number of amides is 4. The number of aromatic nitrogens is 1. The molecular formula is C26H21FN4O5. The fourth-order valence-electron chi connectivity index (χ4n) is 4.35. The summed E-state index contributed by atoms with van der Waals surface area (Å²) in [5.74, 6) is -1.82. The molecular weight excluding hydrogens is 467 g/mol. The molecule has 36 heavy (non-hydrogen) atoms. The number of nitrogens with one attached hydrogen (secondary N) is 2. The topological polar surface area (TPSA) is 118 Å². The second-order valence-corrected chi connectivity index (χ2v) is 8.50. The number of carbonyl (C=O) groups excluding carboxylic acids is 4. The molecule has 3 heterocycles. The van der Waals surface area contributed by atoms with Gasteiger partial charge in [0.05, 0.1) is 6.54 Å². The number of imide groups is 1. The summed E-state index contributed by atoms with van der Waals surface area (Å²) >= 11 is 0. The van der Waals surface area contributed by atoms with Gasteiger partial charge in [-0.25, -0.2) is 14.2 Å². The Kier molecular flexibility index (Phi) is 6.16. The molecule has 9 nitrogen and oxygen atoms in total. The predicted molar refractivity (Wildman–Crippen MR) is 126 cm³/mol. The zero-order chi connectivity index (χ0) is 25.2. The van der Waals surface area contributed by atoms with E-state index in [0.717, 1.165) is 11.1 Å². The van der Waals surface area contributed by atoms with Crippen LogP contribution in [0.1, 0.15) is 34.3 Å². The first-order valence-electron chi connectivity index (χ1n) is 11.3. The van der Waals surface area contributed by atoms with Gasteiger partial charge in [0.15, 0.2) is 0 Å². The van der Waals surface area contributed by atoms with E-state index in [1.807, 2.05) is 36.4 Å². The third-order valence-electron chi connectivity index (χ3n) is 6.13. The molecule has 4 amide bonds. The number of ether oxygens (including phenoxy) is 1. The Morgan fingerprint density at radius 1 is 1.11 bits per heavy atom. The number of hydrogen-bond acceptors (Lipinski definition) is 6. The highest BCUT2D eigenvalue weighted by Crippen LogP contribution is 2.30. The van der Waals surface area contributed by atoms with Crippen LogP contribution in [-0.4, -0.2) is 39.7 Å². The lowest BCUT2D eigenvalue weighted by Crippen LogP contribution is -2.52. The lowest BCUT2D eigenvalue weighted by Gasteiger charge is -2.29. The molecule has 10 heteroatoms. The van der Waals surface area contributed by atoms with E-state index >= 15 is 0 Å². The largest absolute Gasteiger partial charge is 0.444 e. The van der Waals surface area contributed by atoms with Gasteiger partial charge in [-0.05, 0) is 47.4 Å². The lowest BCUT2D eigenvalue weighted by molar-refractivity contribution is -0.136. The van der Waals surface area contributed by atoms with Gasteiger partial charge in [0.2, 0.25) is 11.8 Å². The van der Waals surface area contributed by atoms with Crippen molar-refractivity contribution in [3.05, 3.63) is 83.3 Å². The minimum atomic E-state index is -0.841. The molecule has 182 valence electrons. The number of halogens is 1. The highest BCUT2D eigenvalue weighted by Gasteiger charge is 2.40. The highest BCUT2D eigenvalue weighted by molar-refractivity contribution is 6.05. The summed E-state index contributed by atoms with van der Waals surface area (Å²) in [5, 5.41) is 4.75. The van der Waals surface area contributed by atoms with E-state index in [-0.39, 0.29) is 48.5 Å². The molecule has 0 aliphatic carbocycles. The maximum Gasteiger partial charge on any atom is 0.413 e. The number of anilines is 1. The molecule has 1 unspecified atom stereocenters.